The maximum absolute atomic E-state index is 13.4. The Hall–Kier alpha value is -4.31. The molecule has 38 heavy (non-hydrogen) atoms. The minimum Gasteiger partial charge on any atom is -0.461 e. The fourth-order valence-corrected chi connectivity index (χ4v) is 4.15. The van der Waals surface area contributed by atoms with Crippen molar-refractivity contribution in [3.63, 3.8) is 0 Å². The summed E-state index contributed by atoms with van der Waals surface area (Å²) in [7, 11) is 0. The van der Waals surface area contributed by atoms with Crippen LogP contribution in [-0.2, 0) is 39.9 Å². The lowest BCUT2D eigenvalue weighted by atomic mass is 10.0. The average molecular weight is 526 g/mol. The highest BCUT2D eigenvalue weighted by Gasteiger charge is 2.32. The Morgan fingerprint density at radius 1 is 1.21 bits per heavy atom. The van der Waals surface area contributed by atoms with Gasteiger partial charge in [-0.3, -0.25) is 19.2 Å². The van der Waals surface area contributed by atoms with E-state index in [1.165, 1.54) is 4.90 Å². The van der Waals surface area contributed by atoms with Gasteiger partial charge in [0.2, 0.25) is 11.7 Å². The second kappa shape index (κ2) is 13.3. The molecule has 1 unspecified atom stereocenters. The number of hydrogen-bond acceptors (Lipinski definition) is 7. The van der Waals surface area contributed by atoms with E-state index in [1.54, 1.807) is 20.0 Å². The summed E-state index contributed by atoms with van der Waals surface area (Å²) in [6.45, 7) is 3.43. The van der Waals surface area contributed by atoms with Crippen LogP contribution in [0, 0.1) is 0 Å². The monoisotopic (exact) mass is 525 g/mol. The van der Waals surface area contributed by atoms with E-state index in [0.717, 1.165) is 10.9 Å². The summed E-state index contributed by atoms with van der Waals surface area (Å²) >= 11 is 0. The number of likely N-dealkylation sites (tertiary alicyclic amines) is 1. The third kappa shape index (κ3) is 7.84. The molecule has 0 bridgehead atoms. The summed E-state index contributed by atoms with van der Waals surface area (Å²) in [5.41, 5.74) is 10.1. The number of carbonyl (C=O) groups is 5. The number of fused-ring (bicyclic) bond motifs is 1. The maximum atomic E-state index is 13.4. The first kappa shape index (κ1) is 28.3. The molecule has 2 aromatic rings. The van der Waals surface area contributed by atoms with Gasteiger partial charge in [0, 0.05) is 42.9 Å². The summed E-state index contributed by atoms with van der Waals surface area (Å²) in [5.74, 6) is -2.99. The lowest BCUT2D eigenvalue weighted by Gasteiger charge is -2.23. The van der Waals surface area contributed by atoms with Crippen LogP contribution in [-0.4, -0.2) is 81.8 Å². The van der Waals surface area contributed by atoms with Gasteiger partial charge in [-0.2, -0.15) is 4.79 Å². The topological polar surface area (TPSA) is 171 Å². The minimum atomic E-state index is -1.33. The van der Waals surface area contributed by atoms with Gasteiger partial charge in [0.25, 0.3) is 5.91 Å². The Kier molecular flexibility index (Phi) is 9.89. The van der Waals surface area contributed by atoms with Crippen LogP contribution in [0.4, 0.5) is 0 Å². The van der Waals surface area contributed by atoms with Crippen LogP contribution in [0.3, 0.4) is 0 Å². The number of nitrogens with one attached hydrogen (secondary N) is 2. The van der Waals surface area contributed by atoms with E-state index in [0.29, 0.717) is 31.2 Å². The van der Waals surface area contributed by atoms with Gasteiger partial charge in [-0.05, 0) is 38.3 Å². The normalized spacial score (nSPS) is 14.6. The molecule has 0 saturated carbocycles. The first-order valence-corrected chi connectivity index (χ1v) is 12.4. The van der Waals surface area contributed by atoms with Crippen molar-refractivity contribution in [3.05, 3.63) is 41.6 Å². The number of aromatic nitrogens is 1. The molecule has 0 spiro atoms. The second-order valence-electron chi connectivity index (χ2n) is 9.26. The van der Waals surface area contributed by atoms with Gasteiger partial charge >= 0.3 is 18.2 Å². The Morgan fingerprint density at radius 2 is 1.97 bits per heavy atom. The molecule has 1 aromatic carbocycles. The van der Waals surface area contributed by atoms with Gasteiger partial charge in [-0.25, -0.2) is 4.79 Å². The van der Waals surface area contributed by atoms with Crippen molar-refractivity contribution in [1.29, 1.82) is 0 Å². The van der Waals surface area contributed by atoms with Gasteiger partial charge in [0.1, 0.15) is 12.6 Å². The number of ketones is 1. The van der Waals surface area contributed by atoms with Crippen molar-refractivity contribution < 1.29 is 38.2 Å². The molecule has 2 atom stereocenters. The standard InChI is InChI=1S/C26H31N5O7/c1-16(2)37-26(36)21(10-9-18(32)14-29-27)30-25(35)22(38-24(34)15-31-11-5-8-23(31)33)12-17-13-28-20-7-4-3-6-19(17)20/h3-4,6-7,13-14,16,21-22,28H,5,8-12,15H2,1-2H3,(H,30,35)/t21-,22?/m0/s1. The first-order valence-electron chi connectivity index (χ1n) is 12.4. The quantitative estimate of drug-likeness (QED) is 0.172. The summed E-state index contributed by atoms with van der Waals surface area (Å²) in [5, 5.41) is 3.38. The van der Waals surface area contributed by atoms with Crippen LogP contribution in [0.5, 0.6) is 0 Å². The molecule has 0 radical (unpaired) electrons. The molecule has 3 rings (SSSR count). The van der Waals surface area contributed by atoms with Gasteiger partial charge in [-0.15, -0.1) is 0 Å². The van der Waals surface area contributed by atoms with Crippen molar-refractivity contribution in [2.45, 2.75) is 64.2 Å². The van der Waals surface area contributed by atoms with Gasteiger partial charge in [0.05, 0.1) is 6.10 Å². The number of benzene rings is 1. The minimum absolute atomic E-state index is 0.00240. The van der Waals surface area contributed by atoms with Crippen LogP contribution in [0.1, 0.15) is 45.1 Å². The van der Waals surface area contributed by atoms with Crippen LogP contribution in [0.2, 0.25) is 0 Å². The highest BCUT2D eigenvalue weighted by atomic mass is 16.6. The van der Waals surface area contributed by atoms with E-state index in [1.807, 2.05) is 24.3 Å². The molecule has 1 aliphatic rings. The third-order valence-electron chi connectivity index (χ3n) is 5.97. The first-order chi connectivity index (χ1) is 18.2. The van der Waals surface area contributed by atoms with Crippen molar-refractivity contribution in [2.75, 3.05) is 13.1 Å². The average Bonchev–Trinajstić information content (AvgIpc) is 3.46. The van der Waals surface area contributed by atoms with Gasteiger partial charge < -0.3 is 30.2 Å². The lowest BCUT2D eigenvalue weighted by Crippen LogP contribution is -2.49. The van der Waals surface area contributed by atoms with E-state index in [-0.39, 0.29) is 31.7 Å². The fraction of sp³-hybridized carbons (Fsp3) is 0.462. The zero-order chi connectivity index (χ0) is 27.7. The molecule has 2 N–H and O–H groups in total. The zero-order valence-corrected chi connectivity index (χ0v) is 21.3. The zero-order valence-electron chi connectivity index (χ0n) is 21.3. The highest BCUT2D eigenvalue weighted by molar-refractivity contribution is 6.25. The van der Waals surface area contributed by atoms with Crippen LogP contribution < -0.4 is 5.32 Å². The number of aromatic amines is 1. The van der Waals surface area contributed by atoms with Gasteiger partial charge in [0.15, 0.2) is 6.10 Å². The van der Waals surface area contributed by atoms with Crippen molar-refractivity contribution in [2.24, 2.45) is 0 Å². The van der Waals surface area contributed by atoms with Crippen LogP contribution in [0.15, 0.2) is 30.5 Å². The largest absolute Gasteiger partial charge is 0.461 e. The number of rotatable bonds is 13. The fourth-order valence-electron chi connectivity index (χ4n) is 4.15. The number of nitrogens with zero attached hydrogens (tertiary/aromatic N) is 3. The summed E-state index contributed by atoms with van der Waals surface area (Å²) in [6.07, 6.45) is 1.27. The van der Waals surface area contributed by atoms with E-state index in [9.17, 15) is 24.0 Å². The molecule has 1 fully saturated rings. The van der Waals surface area contributed by atoms with Crippen LogP contribution >= 0.6 is 0 Å². The van der Waals surface area contributed by atoms with E-state index in [2.05, 4.69) is 15.1 Å². The molecule has 1 saturated heterocycles. The summed E-state index contributed by atoms with van der Waals surface area (Å²) in [4.78, 5) is 69.7. The van der Waals surface area contributed by atoms with Gasteiger partial charge in [-0.1, -0.05) is 18.2 Å². The van der Waals surface area contributed by atoms with E-state index in [4.69, 9.17) is 15.0 Å². The number of amides is 2. The second-order valence-corrected chi connectivity index (χ2v) is 9.26. The number of Topliss-reactive ketones (excluding diaryl/α,β-unsaturated/α-hetero) is 1. The number of esters is 2. The smallest absolute Gasteiger partial charge is 0.328 e. The molecule has 202 valence electrons. The SMILES string of the molecule is CC(C)OC(=O)[C@H](CCC(=O)C=[N+]=[N-])NC(=O)C(Cc1c[nH]c2ccccc12)OC(=O)CN1CCCC1=O. The van der Waals surface area contributed by atoms with Crippen molar-refractivity contribution >= 4 is 46.7 Å². The number of para-hydroxylation sites is 1. The highest BCUT2D eigenvalue weighted by Crippen LogP contribution is 2.20. The Labute approximate surface area is 219 Å². The van der Waals surface area contributed by atoms with Crippen molar-refractivity contribution in [3.8, 4) is 0 Å². The third-order valence-corrected chi connectivity index (χ3v) is 5.97. The molecular formula is C26H31N5O7. The molecule has 12 nitrogen and oxygen atoms in total. The van der Waals surface area contributed by atoms with E-state index < -0.39 is 41.9 Å². The molecule has 2 heterocycles. The maximum Gasteiger partial charge on any atom is 0.328 e. The number of carbonyl (C=O) groups excluding carboxylic acids is 5. The van der Waals surface area contributed by atoms with Crippen molar-refractivity contribution in [1.82, 2.24) is 15.2 Å². The predicted octanol–water partition coefficient (Wildman–Crippen LogP) is 1.33. The molecule has 12 heteroatoms. The number of H-pyrrole nitrogens is 1. The molecule has 1 aliphatic heterocycles. The lowest BCUT2D eigenvalue weighted by molar-refractivity contribution is -0.159. The number of ether oxygens (including phenoxy) is 2. The Morgan fingerprint density at radius 3 is 2.66 bits per heavy atom. The molecular weight excluding hydrogens is 494 g/mol. The molecule has 1 aromatic heterocycles. The summed E-state index contributed by atoms with van der Waals surface area (Å²) < 4.78 is 10.8. The Balaban J connectivity index is 1.80. The molecule has 2 amide bonds. The number of hydrogen-bond donors (Lipinski definition) is 2. The predicted molar refractivity (Wildman–Crippen MR) is 135 cm³/mol. The summed E-state index contributed by atoms with van der Waals surface area (Å²) in [6, 6.07) is 6.20. The Bertz CT molecular complexity index is 1250. The molecule has 0 aliphatic carbocycles. The van der Waals surface area contributed by atoms with E-state index >= 15 is 0 Å². The van der Waals surface area contributed by atoms with Crippen LogP contribution in [0.25, 0.3) is 16.4 Å².